The van der Waals surface area contributed by atoms with Gasteiger partial charge >= 0.3 is 0 Å². The number of hydrogen-bond donors (Lipinski definition) is 1. The Hall–Kier alpha value is -0.730. The Morgan fingerprint density at radius 3 is 2.77 bits per heavy atom. The fourth-order valence-electron chi connectivity index (χ4n) is 1.16. The van der Waals surface area contributed by atoms with Gasteiger partial charge < -0.3 is 9.84 Å². The Balaban J connectivity index is 3.08. The molecule has 1 rings (SSSR count). The highest BCUT2D eigenvalue weighted by Gasteiger charge is 2.12. The third-order valence-electron chi connectivity index (χ3n) is 1.96. The van der Waals surface area contributed by atoms with Crippen LogP contribution in [0, 0.1) is 0 Å². The highest BCUT2D eigenvalue weighted by atomic mass is 35.5. The molecule has 0 aromatic heterocycles. The van der Waals surface area contributed by atoms with Gasteiger partial charge in [-0.25, -0.2) is 0 Å². The third kappa shape index (κ3) is 2.14. The van der Waals surface area contributed by atoms with Crippen LogP contribution in [0.2, 0.25) is 5.02 Å². The first kappa shape index (κ1) is 10.4. The molecule has 72 valence electrons. The third-order valence-corrected chi connectivity index (χ3v) is 2.36. The average Bonchev–Trinajstić information content (AvgIpc) is 2.17. The summed E-state index contributed by atoms with van der Waals surface area (Å²) >= 11 is 6.00. The van der Waals surface area contributed by atoms with Crippen LogP contribution >= 0.6 is 11.6 Å². The molecule has 1 N–H and O–H groups in total. The number of aliphatic hydroxyl groups excluding tert-OH is 1. The molecule has 0 amide bonds. The first-order chi connectivity index (χ1) is 6.20. The lowest BCUT2D eigenvalue weighted by atomic mass is 10.1. The largest absolute Gasteiger partial charge is 0.495 e. The van der Waals surface area contributed by atoms with Crippen LogP contribution in [0.3, 0.4) is 0 Å². The van der Waals surface area contributed by atoms with Crippen molar-refractivity contribution in [3.05, 3.63) is 28.8 Å². The van der Waals surface area contributed by atoms with Gasteiger partial charge in [-0.2, -0.15) is 0 Å². The topological polar surface area (TPSA) is 29.5 Å². The minimum absolute atomic E-state index is 0.499. The van der Waals surface area contributed by atoms with E-state index in [0.717, 1.165) is 5.56 Å². The van der Waals surface area contributed by atoms with Gasteiger partial charge in [0, 0.05) is 5.56 Å². The van der Waals surface area contributed by atoms with Crippen LogP contribution in [-0.2, 0) is 0 Å². The highest BCUT2D eigenvalue weighted by molar-refractivity contribution is 6.32. The molecule has 0 aliphatic heterocycles. The molecule has 0 heterocycles. The van der Waals surface area contributed by atoms with Gasteiger partial charge in [-0.3, -0.25) is 0 Å². The predicted molar refractivity (Wildman–Crippen MR) is 53.3 cm³/mol. The predicted octanol–water partition coefficient (Wildman–Crippen LogP) is 2.79. The van der Waals surface area contributed by atoms with E-state index in [1.165, 1.54) is 0 Å². The summed E-state index contributed by atoms with van der Waals surface area (Å²) in [6, 6.07) is 5.40. The van der Waals surface area contributed by atoms with E-state index in [2.05, 4.69) is 0 Å². The first-order valence-electron chi connectivity index (χ1n) is 4.21. The Labute approximate surface area is 83.1 Å². The smallest absolute Gasteiger partial charge is 0.137 e. The van der Waals surface area contributed by atoms with E-state index >= 15 is 0 Å². The molecule has 0 radical (unpaired) electrons. The lowest BCUT2D eigenvalue weighted by Crippen LogP contribution is -1.97. The molecule has 1 atom stereocenters. The fourth-order valence-corrected chi connectivity index (χ4v) is 1.49. The Morgan fingerprint density at radius 1 is 1.54 bits per heavy atom. The van der Waals surface area contributed by atoms with Crippen LogP contribution in [0.4, 0.5) is 0 Å². The van der Waals surface area contributed by atoms with E-state index < -0.39 is 6.10 Å². The summed E-state index contributed by atoms with van der Waals surface area (Å²) in [5.74, 6) is 0.603. The van der Waals surface area contributed by atoms with Crippen molar-refractivity contribution in [2.45, 2.75) is 19.4 Å². The van der Waals surface area contributed by atoms with Crippen molar-refractivity contribution >= 4 is 11.6 Å². The number of hydrogen-bond acceptors (Lipinski definition) is 2. The van der Waals surface area contributed by atoms with Crippen molar-refractivity contribution in [3.63, 3.8) is 0 Å². The van der Waals surface area contributed by atoms with Crippen LogP contribution < -0.4 is 4.74 Å². The van der Waals surface area contributed by atoms with Gasteiger partial charge in [0.15, 0.2) is 0 Å². The zero-order chi connectivity index (χ0) is 9.84. The molecule has 1 aromatic rings. The molecule has 0 spiro atoms. The Kier molecular flexibility index (Phi) is 3.58. The van der Waals surface area contributed by atoms with E-state index in [-0.39, 0.29) is 0 Å². The molecule has 1 aromatic carbocycles. The number of benzene rings is 1. The summed E-state index contributed by atoms with van der Waals surface area (Å²) in [4.78, 5) is 0. The van der Waals surface area contributed by atoms with E-state index in [9.17, 15) is 5.11 Å². The summed E-state index contributed by atoms with van der Waals surface area (Å²) in [7, 11) is 1.56. The number of aliphatic hydroxyl groups is 1. The van der Waals surface area contributed by atoms with Gasteiger partial charge in [0.05, 0.1) is 18.2 Å². The first-order valence-corrected chi connectivity index (χ1v) is 4.59. The van der Waals surface area contributed by atoms with E-state index in [1.54, 1.807) is 19.2 Å². The standard InChI is InChI=1S/C10H13ClO2/c1-3-8(12)7-5-4-6-9(13-2)10(7)11/h4-6,8,12H,3H2,1-2H3/t8-/m1/s1. The van der Waals surface area contributed by atoms with Gasteiger partial charge in [-0.05, 0) is 12.5 Å². The highest BCUT2D eigenvalue weighted by Crippen LogP contribution is 2.32. The lowest BCUT2D eigenvalue weighted by Gasteiger charge is -2.12. The van der Waals surface area contributed by atoms with Gasteiger partial charge in [0.25, 0.3) is 0 Å². The van der Waals surface area contributed by atoms with Crippen LogP contribution in [0.15, 0.2) is 18.2 Å². The molecule has 0 bridgehead atoms. The van der Waals surface area contributed by atoms with E-state index in [4.69, 9.17) is 16.3 Å². The van der Waals surface area contributed by atoms with E-state index in [0.29, 0.717) is 17.2 Å². The Bertz CT molecular complexity index is 286. The summed E-state index contributed by atoms with van der Waals surface area (Å²) in [5, 5.41) is 10.1. The summed E-state index contributed by atoms with van der Waals surface area (Å²) in [6.45, 7) is 1.90. The summed E-state index contributed by atoms with van der Waals surface area (Å²) < 4.78 is 5.04. The number of ether oxygens (including phenoxy) is 1. The second-order valence-corrected chi connectivity index (χ2v) is 3.17. The molecule has 0 saturated heterocycles. The van der Waals surface area contributed by atoms with Gasteiger partial charge in [0.2, 0.25) is 0 Å². The molecule has 0 fully saturated rings. The number of rotatable bonds is 3. The molecule has 13 heavy (non-hydrogen) atoms. The van der Waals surface area contributed by atoms with Crippen molar-refractivity contribution < 1.29 is 9.84 Å². The maximum atomic E-state index is 9.59. The van der Waals surface area contributed by atoms with Crippen molar-refractivity contribution in [2.24, 2.45) is 0 Å². The minimum Gasteiger partial charge on any atom is -0.495 e. The monoisotopic (exact) mass is 200 g/mol. The van der Waals surface area contributed by atoms with Crippen molar-refractivity contribution in [3.8, 4) is 5.75 Å². The second-order valence-electron chi connectivity index (χ2n) is 2.79. The fraction of sp³-hybridized carbons (Fsp3) is 0.400. The number of methoxy groups -OCH3 is 1. The van der Waals surface area contributed by atoms with Gasteiger partial charge in [0.1, 0.15) is 5.75 Å². The van der Waals surface area contributed by atoms with E-state index in [1.807, 2.05) is 13.0 Å². The lowest BCUT2D eigenvalue weighted by molar-refractivity contribution is 0.173. The molecular formula is C10H13ClO2. The normalized spacial score (nSPS) is 12.6. The average molecular weight is 201 g/mol. The second kappa shape index (κ2) is 4.49. The van der Waals surface area contributed by atoms with Gasteiger partial charge in [-0.1, -0.05) is 30.7 Å². The van der Waals surface area contributed by atoms with Crippen LogP contribution in [0.5, 0.6) is 5.75 Å². The van der Waals surface area contributed by atoms with Crippen molar-refractivity contribution in [1.82, 2.24) is 0 Å². The molecule has 3 heteroatoms. The maximum absolute atomic E-state index is 9.59. The molecule has 0 aliphatic carbocycles. The SMILES string of the molecule is CC[C@@H](O)c1cccc(OC)c1Cl. The molecular weight excluding hydrogens is 188 g/mol. The molecule has 0 aliphatic rings. The maximum Gasteiger partial charge on any atom is 0.137 e. The summed E-state index contributed by atoms with van der Waals surface area (Å²) in [5.41, 5.74) is 0.725. The number of halogens is 1. The quantitative estimate of drug-likeness (QED) is 0.813. The van der Waals surface area contributed by atoms with Crippen molar-refractivity contribution in [2.75, 3.05) is 7.11 Å². The van der Waals surface area contributed by atoms with Crippen molar-refractivity contribution in [1.29, 1.82) is 0 Å². The molecule has 2 nitrogen and oxygen atoms in total. The minimum atomic E-state index is -0.511. The van der Waals surface area contributed by atoms with Crippen LogP contribution in [-0.4, -0.2) is 12.2 Å². The van der Waals surface area contributed by atoms with Gasteiger partial charge in [-0.15, -0.1) is 0 Å². The zero-order valence-corrected chi connectivity index (χ0v) is 8.51. The van der Waals surface area contributed by atoms with Crippen LogP contribution in [0.1, 0.15) is 25.0 Å². The van der Waals surface area contributed by atoms with Crippen LogP contribution in [0.25, 0.3) is 0 Å². The molecule has 0 saturated carbocycles. The molecule has 0 unspecified atom stereocenters. The zero-order valence-electron chi connectivity index (χ0n) is 7.75. The summed E-state index contributed by atoms with van der Waals surface area (Å²) in [6.07, 6.45) is 0.134. The Morgan fingerprint density at radius 2 is 2.23 bits per heavy atom.